The van der Waals surface area contributed by atoms with Crippen molar-refractivity contribution >= 4 is 76.2 Å². The van der Waals surface area contributed by atoms with Crippen molar-refractivity contribution in [2.24, 2.45) is 0 Å². The summed E-state index contributed by atoms with van der Waals surface area (Å²) in [5, 5.41) is 10.6. The van der Waals surface area contributed by atoms with Gasteiger partial charge < -0.3 is 4.42 Å². The second-order valence-corrected chi connectivity index (χ2v) is 16.5. The summed E-state index contributed by atoms with van der Waals surface area (Å²) >= 11 is 0. The minimum Gasteiger partial charge on any atom is -0.456 e. The lowest BCUT2D eigenvalue weighted by Crippen LogP contribution is -2.03. The third-order valence-corrected chi connectivity index (χ3v) is 13.1. The van der Waals surface area contributed by atoms with Crippen LogP contribution in [0.3, 0.4) is 0 Å². The molecule has 13 aromatic rings. The van der Waals surface area contributed by atoms with Gasteiger partial charge in [-0.05, 0) is 115 Å². The normalized spacial score (nSPS) is 12.2. The molecular weight excluding hydrogens is 755 g/mol. The zero-order chi connectivity index (χ0) is 40.5. The smallest absolute Gasteiger partial charge is 0.235 e. The second kappa shape index (κ2) is 12.6. The SMILES string of the molecule is c1ccc2c(c1)-c1cccc3c1c-2cc1oc2ccc(-c4ccc5c(c4)c4ccccc4n5-c4nc(-c5ccc(-c6ccc7ccccc7c6)cc5)c5ccccc5n4)cc2c13. The van der Waals surface area contributed by atoms with Crippen LogP contribution in [0, 0.1) is 0 Å². The highest BCUT2D eigenvalue weighted by molar-refractivity contribution is 6.28. The van der Waals surface area contributed by atoms with Crippen molar-refractivity contribution in [3.8, 4) is 61.7 Å². The third-order valence-electron chi connectivity index (χ3n) is 13.1. The first kappa shape index (κ1) is 33.5. The maximum Gasteiger partial charge on any atom is 0.235 e. The molecule has 14 rings (SSSR count). The second-order valence-electron chi connectivity index (χ2n) is 16.5. The largest absolute Gasteiger partial charge is 0.456 e. The van der Waals surface area contributed by atoms with E-state index >= 15 is 0 Å². The zero-order valence-corrected chi connectivity index (χ0v) is 33.3. The van der Waals surface area contributed by atoms with Gasteiger partial charge in [-0.2, -0.15) is 0 Å². The number of para-hydroxylation sites is 2. The van der Waals surface area contributed by atoms with Crippen LogP contribution in [0.2, 0.25) is 0 Å². The van der Waals surface area contributed by atoms with E-state index in [1.165, 1.54) is 60.3 Å². The zero-order valence-electron chi connectivity index (χ0n) is 33.3. The number of hydrogen-bond acceptors (Lipinski definition) is 3. The van der Waals surface area contributed by atoms with Crippen LogP contribution in [0.5, 0.6) is 0 Å². The van der Waals surface area contributed by atoms with Crippen molar-refractivity contribution in [2.75, 3.05) is 0 Å². The third kappa shape index (κ3) is 4.77. The van der Waals surface area contributed by atoms with Crippen LogP contribution in [-0.2, 0) is 0 Å². The molecule has 286 valence electrons. The van der Waals surface area contributed by atoms with E-state index in [0.717, 1.165) is 71.6 Å². The maximum atomic E-state index is 6.61. The van der Waals surface area contributed by atoms with Crippen LogP contribution in [-0.4, -0.2) is 14.5 Å². The van der Waals surface area contributed by atoms with Gasteiger partial charge in [0.05, 0.1) is 22.2 Å². The molecular formula is C58H33N3O. The fourth-order valence-electron chi connectivity index (χ4n) is 10.3. The van der Waals surface area contributed by atoms with E-state index in [1.807, 2.05) is 0 Å². The molecule has 0 amide bonds. The molecule has 1 aliphatic rings. The molecule has 0 aliphatic heterocycles. The van der Waals surface area contributed by atoms with Gasteiger partial charge in [-0.25, -0.2) is 9.97 Å². The molecule has 0 unspecified atom stereocenters. The van der Waals surface area contributed by atoms with Gasteiger partial charge in [0, 0.05) is 32.5 Å². The predicted octanol–water partition coefficient (Wildman–Crippen LogP) is 15.6. The Hall–Kier alpha value is -8.34. The Kier molecular flexibility index (Phi) is 6.80. The highest BCUT2D eigenvalue weighted by Crippen LogP contribution is 2.51. The number of aromatic nitrogens is 3. The van der Waals surface area contributed by atoms with Gasteiger partial charge in [-0.1, -0.05) is 152 Å². The van der Waals surface area contributed by atoms with Crippen molar-refractivity contribution in [3.63, 3.8) is 0 Å². The number of rotatable bonds is 4. The number of nitrogens with zero attached hydrogens (tertiary/aromatic N) is 3. The summed E-state index contributed by atoms with van der Waals surface area (Å²) in [4.78, 5) is 10.6. The molecule has 10 aromatic carbocycles. The first-order chi connectivity index (χ1) is 30.7. The number of benzene rings is 10. The van der Waals surface area contributed by atoms with Crippen molar-refractivity contribution in [1.29, 1.82) is 0 Å². The highest BCUT2D eigenvalue weighted by atomic mass is 16.3. The van der Waals surface area contributed by atoms with Crippen LogP contribution in [0.25, 0.3) is 138 Å². The summed E-state index contributed by atoms with van der Waals surface area (Å²) < 4.78 is 8.83. The van der Waals surface area contributed by atoms with Crippen molar-refractivity contribution in [2.45, 2.75) is 0 Å². The van der Waals surface area contributed by atoms with E-state index in [0.29, 0.717) is 5.95 Å². The molecule has 0 saturated heterocycles. The Bertz CT molecular complexity index is 4040. The molecule has 0 N–H and O–H groups in total. The Balaban J connectivity index is 0.906. The van der Waals surface area contributed by atoms with Crippen molar-refractivity contribution in [3.05, 3.63) is 200 Å². The molecule has 0 bridgehead atoms. The fraction of sp³-hybridized carbons (Fsp3) is 0. The molecule has 0 saturated carbocycles. The molecule has 3 heterocycles. The van der Waals surface area contributed by atoms with Gasteiger partial charge in [0.2, 0.25) is 5.95 Å². The van der Waals surface area contributed by atoms with Crippen LogP contribution >= 0.6 is 0 Å². The van der Waals surface area contributed by atoms with Gasteiger partial charge in [-0.15, -0.1) is 0 Å². The first-order valence-corrected chi connectivity index (χ1v) is 21.1. The average Bonchev–Trinajstić information content (AvgIpc) is 3.99. The van der Waals surface area contributed by atoms with Crippen molar-refractivity contribution < 1.29 is 4.42 Å². The Labute approximate surface area is 355 Å². The van der Waals surface area contributed by atoms with E-state index in [-0.39, 0.29) is 0 Å². The summed E-state index contributed by atoms with van der Waals surface area (Å²) in [6.07, 6.45) is 0. The first-order valence-electron chi connectivity index (χ1n) is 21.1. The molecule has 62 heavy (non-hydrogen) atoms. The lowest BCUT2D eigenvalue weighted by atomic mass is 9.96. The van der Waals surface area contributed by atoms with E-state index < -0.39 is 0 Å². The Morgan fingerprint density at radius 2 is 0.968 bits per heavy atom. The number of furan rings is 1. The van der Waals surface area contributed by atoms with Gasteiger partial charge >= 0.3 is 0 Å². The summed E-state index contributed by atoms with van der Waals surface area (Å²) in [5.41, 5.74) is 16.5. The lowest BCUT2D eigenvalue weighted by Gasteiger charge is -2.12. The van der Waals surface area contributed by atoms with E-state index in [4.69, 9.17) is 14.4 Å². The van der Waals surface area contributed by atoms with Gasteiger partial charge in [-0.3, -0.25) is 4.57 Å². The van der Waals surface area contributed by atoms with Crippen LogP contribution in [0.4, 0.5) is 0 Å². The van der Waals surface area contributed by atoms with E-state index in [9.17, 15) is 0 Å². The lowest BCUT2D eigenvalue weighted by molar-refractivity contribution is 0.669. The quantitative estimate of drug-likeness (QED) is 0.178. The minimum absolute atomic E-state index is 0.646. The molecule has 0 radical (unpaired) electrons. The predicted molar refractivity (Wildman–Crippen MR) is 257 cm³/mol. The molecule has 0 spiro atoms. The van der Waals surface area contributed by atoms with Gasteiger partial charge in [0.1, 0.15) is 11.2 Å². The Morgan fingerprint density at radius 3 is 1.85 bits per heavy atom. The maximum absolute atomic E-state index is 6.61. The van der Waals surface area contributed by atoms with E-state index in [2.05, 4.69) is 205 Å². The summed E-state index contributed by atoms with van der Waals surface area (Å²) in [6, 6.07) is 71.9. The van der Waals surface area contributed by atoms with E-state index in [1.54, 1.807) is 0 Å². The van der Waals surface area contributed by atoms with Crippen LogP contribution in [0.1, 0.15) is 0 Å². The monoisotopic (exact) mass is 787 g/mol. The summed E-state index contributed by atoms with van der Waals surface area (Å²) in [5.74, 6) is 0.646. The number of hydrogen-bond donors (Lipinski definition) is 0. The number of fused-ring (bicyclic) bond motifs is 12. The highest BCUT2D eigenvalue weighted by Gasteiger charge is 2.25. The minimum atomic E-state index is 0.646. The average molecular weight is 788 g/mol. The van der Waals surface area contributed by atoms with Crippen molar-refractivity contribution in [1.82, 2.24) is 14.5 Å². The molecule has 1 aliphatic carbocycles. The molecule has 3 aromatic heterocycles. The topological polar surface area (TPSA) is 43.9 Å². The summed E-state index contributed by atoms with van der Waals surface area (Å²) in [6.45, 7) is 0. The molecule has 4 heteroatoms. The summed E-state index contributed by atoms with van der Waals surface area (Å²) in [7, 11) is 0. The standard InChI is InChI=1S/C58H33N3O/c1-2-11-37-30-38(25-22-34(37)10-1)35-20-23-36(24-21-35)57-45-15-5-7-18-50(45)59-58(60-57)61-51-19-8-6-14-43(51)47-31-39(26-28-52(47)61)40-27-29-53-49(32-40)56-46-17-9-16-44-41-12-3-4-13-42(41)48(55(44)46)33-54(56)62-53/h1-33H. The molecule has 0 fully saturated rings. The fourth-order valence-corrected chi connectivity index (χ4v) is 10.3. The van der Waals surface area contributed by atoms with Crippen LogP contribution in [0.15, 0.2) is 205 Å². The Morgan fingerprint density at radius 1 is 0.339 bits per heavy atom. The van der Waals surface area contributed by atoms with Gasteiger partial charge in [0.25, 0.3) is 0 Å². The van der Waals surface area contributed by atoms with Crippen LogP contribution < -0.4 is 0 Å². The molecule has 4 nitrogen and oxygen atoms in total. The van der Waals surface area contributed by atoms with Gasteiger partial charge in [0.15, 0.2) is 0 Å². The molecule has 0 atom stereocenters.